The van der Waals surface area contributed by atoms with Crippen LogP contribution in [0.3, 0.4) is 0 Å². The highest BCUT2D eigenvalue weighted by molar-refractivity contribution is 9.10. The third kappa shape index (κ3) is 2.42. The summed E-state index contributed by atoms with van der Waals surface area (Å²) in [6.45, 7) is 6.10. The zero-order valence-electron chi connectivity index (χ0n) is 9.24. The molecular weight excluding hydrogens is 256 g/mol. The average Bonchev–Trinajstić information content (AvgIpc) is 2.62. The van der Waals surface area contributed by atoms with E-state index < -0.39 is 0 Å². The van der Waals surface area contributed by atoms with Gasteiger partial charge in [-0.05, 0) is 48.7 Å². The van der Waals surface area contributed by atoms with Crippen molar-refractivity contribution in [3.63, 3.8) is 0 Å². The molecule has 0 spiro atoms. The Morgan fingerprint density at radius 3 is 2.73 bits per heavy atom. The quantitative estimate of drug-likeness (QED) is 0.827. The van der Waals surface area contributed by atoms with Crippen LogP contribution in [-0.4, -0.2) is 23.0 Å². The van der Waals surface area contributed by atoms with Crippen molar-refractivity contribution in [3.05, 3.63) is 16.4 Å². The molecular formula is C11H17BrN2O. The van der Waals surface area contributed by atoms with E-state index in [1.807, 2.05) is 0 Å². The van der Waals surface area contributed by atoms with E-state index >= 15 is 0 Å². The lowest BCUT2D eigenvalue weighted by atomic mass is 9.96. The molecule has 3 nitrogen and oxygen atoms in total. The van der Waals surface area contributed by atoms with E-state index in [9.17, 15) is 0 Å². The highest BCUT2D eigenvalue weighted by atomic mass is 79.9. The van der Waals surface area contributed by atoms with E-state index in [-0.39, 0.29) is 0 Å². The molecule has 0 radical (unpaired) electrons. The highest BCUT2D eigenvalue weighted by Crippen LogP contribution is 2.30. The van der Waals surface area contributed by atoms with Crippen molar-refractivity contribution >= 4 is 15.9 Å². The van der Waals surface area contributed by atoms with Gasteiger partial charge in [-0.2, -0.15) is 5.10 Å². The first-order valence-electron chi connectivity index (χ1n) is 5.51. The molecule has 0 atom stereocenters. The third-order valence-electron chi connectivity index (χ3n) is 2.86. The predicted octanol–water partition coefficient (Wildman–Crippen LogP) is 3.12. The second kappa shape index (κ2) is 4.66. The number of aromatic nitrogens is 2. The highest BCUT2D eigenvalue weighted by Gasteiger charge is 2.21. The maximum atomic E-state index is 5.39. The van der Waals surface area contributed by atoms with Gasteiger partial charge in [0.1, 0.15) is 4.60 Å². The van der Waals surface area contributed by atoms with Gasteiger partial charge in [-0.15, -0.1) is 0 Å². The van der Waals surface area contributed by atoms with Crippen molar-refractivity contribution in [1.29, 1.82) is 0 Å². The maximum Gasteiger partial charge on any atom is 0.128 e. The SMILES string of the molecule is CC(C)n1nc(Br)cc1C1CCOCC1. The summed E-state index contributed by atoms with van der Waals surface area (Å²) in [5.74, 6) is 0.611. The first-order valence-corrected chi connectivity index (χ1v) is 6.30. The Labute approximate surface area is 98.9 Å². The molecule has 4 heteroatoms. The summed E-state index contributed by atoms with van der Waals surface area (Å²) >= 11 is 3.45. The number of ether oxygens (including phenoxy) is 1. The minimum atomic E-state index is 0.425. The summed E-state index contributed by atoms with van der Waals surface area (Å²) < 4.78 is 8.45. The Morgan fingerprint density at radius 2 is 2.13 bits per heavy atom. The molecule has 0 unspecified atom stereocenters. The molecule has 2 rings (SSSR count). The van der Waals surface area contributed by atoms with Crippen molar-refractivity contribution in [2.45, 2.75) is 38.6 Å². The smallest absolute Gasteiger partial charge is 0.128 e. The Morgan fingerprint density at radius 1 is 1.47 bits per heavy atom. The summed E-state index contributed by atoms with van der Waals surface area (Å²) in [6.07, 6.45) is 2.23. The summed E-state index contributed by atoms with van der Waals surface area (Å²) in [6, 6.07) is 2.57. The van der Waals surface area contributed by atoms with Crippen molar-refractivity contribution in [2.24, 2.45) is 0 Å². The molecule has 0 aromatic carbocycles. The van der Waals surface area contributed by atoms with Crippen molar-refractivity contribution < 1.29 is 4.74 Å². The number of halogens is 1. The second-order valence-corrected chi connectivity index (χ2v) is 5.13. The van der Waals surface area contributed by atoms with E-state index in [0.717, 1.165) is 30.7 Å². The van der Waals surface area contributed by atoms with Crippen LogP contribution in [0.25, 0.3) is 0 Å². The number of nitrogens with zero attached hydrogens (tertiary/aromatic N) is 2. The van der Waals surface area contributed by atoms with Gasteiger partial charge in [0.25, 0.3) is 0 Å². The van der Waals surface area contributed by atoms with Gasteiger partial charge < -0.3 is 4.74 Å². The predicted molar refractivity (Wildman–Crippen MR) is 63.1 cm³/mol. The number of hydrogen-bond donors (Lipinski definition) is 0. The van der Waals surface area contributed by atoms with Gasteiger partial charge in [0.05, 0.1) is 0 Å². The molecule has 2 heterocycles. The Bertz CT molecular complexity index is 329. The minimum absolute atomic E-state index is 0.425. The summed E-state index contributed by atoms with van der Waals surface area (Å²) in [5, 5.41) is 4.48. The molecule has 1 fully saturated rings. The van der Waals surface area contributed by atoms with Gasteiger partial charge in [0, 0.05) is 30.9 Å². The molecule has 0 amide bonds. The summed E-state index contributed by atoms with van der Waals surface area (Å²) in [5.41, 5.74) is 1.35. The Kier molecular flexibility index (Phi) is 3.46. The molecule has 0 N–H and O–H groups in total. The largest absolute Gasteiger partial charge is 0.381 e. The van der Waals surface area contributed by atoms with Crippen molar-refractivity contribution in [2.75, 3.05) is 13.2 Å². The van der Waals surface area contributed by atoms with Crippen LogP contribution in [0.1, 0.15) is 44.3 Å². The second-order valence-electron chi connectivity index (χ2n) is 4.32. The molecule has 0 bridgehead atoms. The van der Waals surface area contributed by atoms with Gasteiger partial charge in [-0.3, -0.25) is 4.68 Å². The third-order valence-corrected chi connectivity index (χ3v) is 3.25. The molecule has 1 saturated heterocycles. The number of hydrogen-bond acceptors (Lipinski definition) is 2. The van der Waals surface area contributed by atoms with Crippen LogP contribution >= 0.6 is 15.9 Å². The van der Waals surface area contributed by atoms with Crippen molar-refractivity contribution in [1.82, 2.24) is 9.78 Å². The molecule has 15 heavy (non-hydrogen) atoms. The van der Waals surface area contributed by atoms with Gasteiger partial charge in [0.2, 0.25) is 0 Å². The fraction of sp³-hybridized carbons (Fsp3) is 0.727. The van der Waals surface area contributed by atoms with Gasteiger partial charge in [-0.25, -0.2) is 0 Å². The lowest BCUT2D eigenvalue weighted by Crippen LogP contribution is -2.18. The Hall–Kier alpha value is -0.350. The van der Waals surface area contributed by atoms with Crippen LogP contribution < -0.4 is 0 Å². The van der Waals surface area contributed by atoms with Crippen LogP contribution in [0.4, 0.5) is 0 Å². The summed E-state index contributed by atoms with van der Waals surface area (Å²) in [4.78, 5) is 0. The topological polar surface area (TPSA) is 27.1 Å². The molecule has 0 aliphatic carbocycles. The minimum Gasteiger partial charge on any atom is -0.381 e. The monoisotopic (exact) mass is 272 g/mol. The van der Waals surface area contributed by atoms with Crippen LogP contribution in [-0.2, 0) is 4.74 Å². The number of rotatable bonds is 2. The van der Waals surface area contributed by atoms with Crippen LogP contribution in [0.15, 0.2) is 10.7 Å². The Balaban J connectivity index is 2.25. The van der Waals surface area contributed by atoms with E-state index in [1.54, 1.807) is 0 Å². The van der Waals surface area contributed by atoms with Gasteiger partial charge in [-0.1, -0.05) is 0 Å². The molecule has 1 aliphatic rings. The first-order chi connectivity index (χ1) is 7.18. The molecule has 1 aromatic rings. The molecule has 0 saturated carbocycles. The zero-order valence-corrected chi connectivity index (χ0v) is 10.8. The first kappa shape index (κ1) is 11.1. The van der Waals surface area contributed by atoms with E-state index in [4.69, 9.17) is 4.74 Å². The fourth-order valence-corrected chi connectivity index (χ4v) is 2.49. The van der Waals surface area contributed by atoms with E-state index in [2.05, 4.69) is 45.6 Å². The lowest BCUT2D eigenvalue weighted by Gasteiger charge is -2.23. The molecule has 1 aromatic heterocycles. The standard InChI is InChI=1S/C11H17BrN2O/c1-8(2)14-10(7-11(12)13-14)9-3-5-15-6-4-9/h7-9H,3-6H2,1-2H3. The van der Waals surface area contributed by atoms with E-state index in [0.29, 0.717) is 12.0 Å². The van der Waals surface area contributed by atoms with Crippen molar-refractivity contribution in [3.8, 4) is 0 Å². The maximum absolute atomic E-state index is 5.39. The lowest BCUT2D eigenvalue weighted by molar-refractivity contribution is 0.0832. The van der Waals surface area contributed by atoms with Gasteiger partial charge in [0.15, 0.2) is 0 Å². The van der Waals surface area contributed by atoms with Crippen LogP contribution in [0.5, 0.6) is 0 Å². The normalized spacial score (nSPS) is 18.7. The zero-order chi connectivity index (χ0) is 10.8. The molecule has 84 valence electrons. The average molecular weight is 273 g/mol. The van der Waals surface area contributed by atoms with Gasteiger partial charge >= 0.3 is 0 Å². The molecule has 1 aliphatic heterocycles. The fourth-order valence-electron chi connectivity index (χ4n) is 2.09. The van der Waals surface area contributed by atoms with Crippen LogP contribution in [0, 0.1) is 0 Å². The van der Waals surface area contributed by atoms with E-state index in [1.165, 1.54) is 5.69 Å². The van der Waals surface area contributed by atoms with Crippen LogP contribution in [0.2, 0.25) is 0 Å². The summed E-state index contributed by atoms with van der Waals surface area (Å²) in [7, 11) is 0.